The van der Waals surface area contributed by atoms with Crippen LogP contribution in [0, 0.1) is 5.82 Å². The Morgan fingerprint density at radius 3 is 1.92 bits per heavy atom. The van der Waals surface area contributed by atoms with Crippen molar-refractivity contribution < 1.29 is 42.6 Å². The number of carbonyl (C=O) groups excluding carboxylic acids is 5. The number of carbonyl (C=O) groups is 5. The third kappa shape index (κ3) is 13.4. The number of benzene rings is 5. The fraction of sp³-hybridized carbons (Fsp3) is 0.286. The van der Waals surface area contributed by atoms with E-state index in [1.54, 1.807) is 42.5 Å². The van der Waals surface area contributed by atoms with Gasteiger partial charge < -0.3 is 46.1 Å². The molecule has 5 amide bonds. The number of likely N-dealkylation sites (N-methyl/N-ethyl adjacent to an activating group) is 1. The van der Waals surface area contributed by atoms with E-state index in [1.165, 1.54) is 18.0 Å². The zero-order chi connectivity index (χ0) is 45.3. The molecule has 5 aromatic carbocycles. The first-order valence-corrected chi connectivity index (χ1v) is 21.1. The molecule has 6 N–H and O–H groups in total. The van der Waals surface area contributed by atoms with Gasteiger partial charge in [-0.25, -0.2) is 14.0 Å². The largest absolute Gasteiger partial charge is 0.489 e. The van der Waals surface area contributed by atoms with Gasteiger partial charge in [0, 0.05) is 39.5 Å². The molecule has 3 atom stereocenters. The maximum Gasteiger partial charge on any atom is 0.408 e. The van der Waals surface area contributed by atoms with Crippen molar-refractivity contribution >= 4 is 29.9 Å². The number of fused-ring (bicyclic) bond motifs is 5. The molecule has 0 aliphatic carbocycles. The zero-order valence-corrected chi connectivity index (χ0v) is 35.6. The third-order valence-electron chi connectivity index (χ3n) is 10.7. The number of hydrogen-bond donors (Lipinski definition) is 5. The molecule has 64 heavy (non-hydrogen) atoms. The second-order valence-corrected chi connectivity index (χ2v) is 15.3. The summed E-state index contributed by atoms with van der Waals surface area (Å²) in [5.41, 5.74) is 10.1. The third-order valence-corrected chi connectivity index (χ3v) is 10.7. The topological polar surface area (TPSA) is 190 Å². The Balaban J connectivity index is 1.34. The summed E-state index contributed by atoms with van der Waals surface area (Å²) in [5, 5.41) is 10.9. The van der Waals surface area contributed by atoms with Crippen LogP contribution in [-0.2, 0) is 56.5 Å². The van der Waals surface area contributed by atoms with Crippen LogP contribution >= 0.6 is 0 Å². The highest BCUT2D eigenvalue weighted by Crippen LogP contribution is 2.31. The summed E-state index contributed by atoms with van der Waals surface area (Å²) in [6.45, 7) is 0.459. The first-order chi connectivity index (χ1) is 31.1. The molecule has 4 bridgehead atoms. The van der Waals surface area contributed by atoms with Gasteiger partial charge in [-0.3, -0.25) is 14.4 Å². The Bertz CT molecular complexity index is 2350. The summed E-state index contributed by atoms with van der Waals surface area (Å²) in [6, 6.07) is 33.7. The molecule has 15 heteroatoms. The SMILES string of the molecule is CN1C(=O)[C@H](CCCNC(=O)OCc2ccccc2)NC(=O)[C@@H](NC(=O)OCc2ccccc2)Cc2cc(ccc2OCc2ccccc2)-c2ccc(F)c(c2)C[C@H]1C(=O)NCCN. The molecule has 0 radical (unpaired) electrons. The van der Waals surface area contributed by atoms with Gasteiger partial charge in [0.1, 0.15) is 49.5 Å². The molecule has 0 saturated heterocycles. The van der Waals surface area contributed by atoms with Crippen molar-refractivity contribution in [2.45, 2.75) is 63.6 Å². The Morgan fingerprint density at radius 1 is 0.719 bits per heavy atom. The summed E-state index contributed by atoms with van der Waals surface area (Å²) in [6.07, 6.45) is -1.72. The van der Waals surface area contributed by atoms with Crippen molar-refractivity contribution in [2.24, 2.45) is 5.73 Å². The van der Waals surface area contributed by atoms with Gasteiger partial charge in [-0.15, -0.1) is 0 Å². The van der Waals surface area contributed by atoms with E-state index in [4.69, 9.17) is 19.9 Å². The molecular weight excluding hydrogens is 820 g/mol. The van der Waals surface area contributed by atoms with Crippen LogP contribution in [0.15, 0.2) is 127 Å². The van der Waals surface area contributed by atoms with Crippen molar-refractivity contribution in [3.05, 3.63) is 161 Å². The lowest BCUT2D eigenvalue weighted by Gasteiger charge is -2.32. The van der Waals surface area contributed by atoms with Crippen molar-refractivity contribution in [1.82, 2.24) is 26.2 Å². The Labute approximate surface area is 371 Å². The standard InChI is InChI=1S/C49H53FN6O8/c1-56-43(46(58)52-25-23-51)29-38-26-36(19-21-40(38)50)37-20-22-44(62-30-33-12-5-2-6-13-33)39(27-37)28-42(55-49(61)64-32-35-16-9-4-10-17-35)45(57)54-41(47(56)59)18-11-24-53-48(60)63-31-34-14-7-3-8-15-34/h2-10,12-17,19-22,26-27,41-43H,11,18,23-25,28-32,51H2,1H3,(H,52,58)(H,53,60)(H,54,57)(H,55,61)/t41-,42-,43-/m0/s1. The molecule has 0 fully saturated rings. The number of halogens is 1. The minimum absolute atomic E-state index is 0.0129. The van der Waals surface area contributed by atoms with E-state index in [1.807, 2.05) is 78.9 Å². The lowest BCUT2D eigenvalue weighted by Crippen LogP contribution is -2.58. The number of ether oxygens (including phenoxy) is 3. The lowest BCUT2D eigenvalue weighted by atomic mass is 9.95. The van der Waals surface area contributed by atoms with E-state index in [0.29, 0.717) is 22.4 Å². The van der Waals surface area contributed by atoms with Gasteiger partial charge in [-0.2, -0.15) is 0 Å². The second-order valence-electron chi connectivity index (χ2n) is 15.3. The first-order valence-electron chi connectivity index (χ1n) is 21.1. The van der Waals surface area contributed by atoms with E-state index in [-0.39, 0.29) is 70.7 Å². The predicted octanol–water partition coefficient (Wildman–Crippen LogP) is 5.56. The van der Waals surface area contributed by atoms with Crippen LogP contribution in [0.4, 0.5) is 14.0 Å². The summed E-state index contributed by atoms with van der Waals surface area (Å²) in [5.74, 6) is -2.14. The average Bonchev–Trinajstić information content (AvgIpc) is 3.32. The van der Waals surface area contributed by atoms with Gasteiger partial charge in [0.05, 0.1) is 0 Å². The minimum atomic E-state index is -1.32. The fourth-order valence-corrected chi connectivity index (χ4v) is 7.17. The van der Waals surface area contributed by atoms with Crippen LogP contribution in [0.3, 0.4) is 0 Å². The van der Waals surface area contributed by atoms with Crippen LogP contribution in [0.5, 0.6) is 5.75 Å². The summed E-state index contributed by atoms with van der Waals surface area (Å²) in [4.78, 5) is 70.2. The molecule has 1 heterocycles. The van der Waals surface area contributed by atoms with Crippen LogP contribution in [0.2, 0.25) is 0 Å². The molecule has 14 nitrogen and oxygen atoms in total. The maximum absolute atomic E-state index is 15.7. The van der Waals surface area contributed by atoms with E-state index < -0.39 is 53.9 Å². The highest BCUT2D eigenvalue weighted by atomic mass is 19.1. The van der Waals surface area contributed by atoms with Crippen LogP contribution in [0.1, 0.15) is 40.7 Å². The summed E-state index contributed by atoms with van der Waals surface area (Å²) < 4.78 is 32.9. The summed E-state index contributed by atoms with van der Waals surface area (Å²) in [7, 11) is 1.41. The molecular formula is C49H53FN6O8. The fourth-order valence-electron chi connectivity index (χ4n) is 7.17. The number of nitrogens with zero attached hydrogens (tertiary/aromatic N) is 1. The Kier molecular flexibility index (Phi) is 16.8. The number of nitrogens with two attached hydrogens (primary N) is 1. The van der Waals surface area contributed by atoms with Crippen molar-refractivity contribution in [1.29, 1.82) is 0 Å². The number of nitrogens with one attached hydrogen (secondary N) is 4. The molecule has 1 aliphatic rings. The number of alkyl carbamates (subject to hydrolysis) is 2. The molecule has 0 spiro atoms. The molecule has 0 saturated carbocycles. The van der Waals surface area contributed by atoms with Crippen molar-refractivity contribution in [3.63, 3.8) is 0 Å². The predicted molar refractivity (Wildman–Crippen MR) is 238 cm³/mol. The van der Waals surface area contributed by atoms with E-state index in [0.717, 1.165) is 16.7 Å². The molecule has 0 aromatic heterocycles. The first kappa shape index (κ1) is 46.2. The Morgan fingerprint density at radius 2 is 1.30 bits per heavy atom. The van der Waals surface area contributed by atoms with Gasteiger partial charge in [0.2, 0.25) is 17.7 Å². The van der Waals surface area contributed by atoms with Crippen LogP contribution in [0.25, 0.3) is 11.1 Å². The molecule has 6 rings (SSSR count). The monoisotopic (exact) mass is 872 g/mol. The van der Waals surface area contributed by atoms with Gasteiger partial charge >= 0.3 is 12.2 Å². The molecule has 0 unspecified atom stereocenters. The maximum atomic E-state index is 15.7. The quantitative estimate of drug-likeness (QED) is 0.0840. The highest BCUT2D eigenvalue weighted by molar-refractivity contribution is 5.94. The van der Waals surface area contributed by atoms with E-state index in [2.05, 4.69) is 21.3 Å². The zero-order valence-electron chi connectivity index (χ0n) is 35.6. The van der Waals surface area contributed by atoms with Crippen molar-refractivity contribution in [3.8, 4) is 16.9 Å². The lowest BCUT2D eigenvalue weighted by molar-refractivity contribution is -0.142. The Hall–Kier alpha value is -7.26. The smallest absolute Gasteiger partial charge is 0.408 e. The summed E-state index contributed by atoms with van der Waals surface area (Å²) >= 11 is 0. The van der Waals surface area contributed by atoms with E-state index in [9.17, 15) is 24.0 Å². The van der Waals surface area contributed by atoms with Gasteiger partial charge in [-0.1, -0.05) is 103 Å². The van der Waals surface area contributed by atoms with Crippen LogP contribution in [-0.4, -0.2) is 79.6 Å². The second kappa shape index (κ2) is 23.3. The van der Waals surface area contributed by atoms with Crippen LogP contribution < -0.4 is 31.7 Å². The highest BCUT2D eigenvalue weighted by Gasteiger charge is 2.35. The number of rotatable bonds is 15. The van der Waals surface area contributed by atoms with Crippen molar-refractivity contribution in [2.75, 3.05) is 26.7 Å². The molecule has 334 valence electrons. The number of hydrogen-bond acceptors (Lipinski definition) is 9. The minimum Gasteiger partial charge on any atom is -0.489 e. The molecule has 1 aliphatic heterocycles. The number of amides is 5. The molecule has 5 aromatic rings. The van der Waals surface area contributed by atoms with Gasteiger partial charge in [0.15, 0.2) is 0 Å². The van der Waals surface area contributed by atoms with Gasteiger partial charge in [-0.05, 0) is 76.1 Å². The average molecular weight is 873 g/mol. The normalized spacial score (nSPS) is 16.3. The van der Waals surface area contributed by atoms with Gasteiger partial charge in [0.25, 0.3) is 0 Å². The van der Waals surface area contributed by atoms with E-state index >= 15 is 4.39 Å².